The summed E-state index contributed by atoms with van der Waals surface area (Å²) in [6, 6.07) is 15.9. The second-order valence-corrected chi connectivity index (χ2v) is 7.52. The van der Waals surface area contributed by atoms with E-state index in [0.717, 1.165) is 48.3 Å². The second kappa shape index (κ2) is 9.39. The van der Waals surface area contributed by atoms with E-state index in [4.69, 9.17) is 4.74 Å². The van der Waals surface area contributed by atoms with Crippen molar-refractivity contribution in [3.05, 3.63) is 77.9 Å². The molecule has 0 radical (unpaired) electrons. The van der Waals surface area contributed by atoms with Crippen LogP contribution in [-0.4, -0.2) is 27.3 Å². The first-order valence-electron chi connectivity index (χ1n) is 10.3. The lowest BCUT2D eigenvalue weighted by molar-refractivity contribution is -0.113. The Balaban J connectivity index is 1.40. The van der Waals surface area contributed by atoms with Gasteiger partial charge in [0.2, 0.25) is 0 Å². The van der Waals surface area contributed by atoms with Crippen molar-refractivity contribution in [1.82, 2.24) is 14.8 Å². The van der Waals surface area contributed by atoms with Gasteiger partial charge in [-0.3, -0.25) is 4.79 Å². The van der Waals surface area contributed by atoms with Crippen molar-refractivity contribution in [2.45, 2.75) is 39.2 Å². The van der Waals surface area contributed by atoms with Gasteiger partial charge in [-0.1, -0.05) is 29.8 Å². The van der Waals surface area contributed by atoms with Crippen molar-refractivity contribution in [3.8, 4) is 5.75 Å². The molecule has 0 aliphatic heterocycles. The molecule has 0 spiro atoms. The van der Waals surface area contributed by atoms with E-state index >= 15 is 0 Å². The van der Waals surface area contributed by atoms with Gasteiger partial charge in [0.05, 0.1) is 6.54 Å². The molecule has 3 aromatic rings. The molecule has 1 heterocycles. The van der Waals surface area contributed by atoms with Gasteiger partial charge >= 0.3 is 0 Å². The molecule has 2 aromatic carbocycles. The molecule has 0 atom stereocenters. The van der Waals surface area contributed by atoms with E-state index in [1.54, 1.807) is 11.0 Å². The molecule has 1 aliphatic carbocycles. The molecular weight excluding hydrogens is 376 g/mol. The monoisotopic (exact) mass is 402 g/mol. The summed E-state index contributed by atoms with van der Waals surface area (Å²) in [5.41, 5.74) is 5.22. The minimum atomic E-state index is -0.00914. The van der Waals surface area contributed by atoms with Crippen LogP contribution in [0.5, 0.6) is 5.75 Å². The topological polar surface area (TPSA) is 69.0 Å². The molecule has 30 heavy (non-hydrogen) atoms. The van der Waals surface area contributed by atoms with Gasteiger partial charge < -0.3 is 10.1 Å². The lowest BCUT2D eigenvalue weighted by Crippen LogP contribution is -2.18. The average Bonchev–Trinajstić information content (AvgIpc) is 3.29. The van der Waals surface area contributed by atoms with Gasteiger partial charge in [0.25, 0.3) is 5.91 Å². The first-order valence-corrected chi connectivity index (χ1v) is 10.3. The lowest BCUT2D eigenvalue weighted by Gasteiger charge is -2.20. The number of benzene rings is 2. The van der Waals surface area contributed by atoms with E-state index in [1.807, 2.05) is 24.3 Å². The largest absolute Gasteiger partial charge is 0.492 e. The Kier molecular flexibility index (Phi) is 6.23. The number of hydrogen-bond acceptors (Lipinski definition) is 4. The number of ether oxygens (including phenoxy) is 1. The summed E-state index contributed by atoms with van der Waals surface area (Å²) in [6.07, 6.45) is 7.11. The summed E-state index contributed by atoms with van der Waals surface area (Å²) in [4.78, 5) is 16.9. The number of aromatic nitrogens is 3. The highest BCUT2D eigenvalue weighted by Gasteiger charge is 2.20. The molecule has 0 saturated carbocycles. The molecule has 154 valence electrons. The van der Waals surface area contributed by atoms with Gasteiger partial charge in [-0.05, 0) is 68.0 Å². The molecule has 0 fully saturated rings. The van der Waals surface area contributed by atoms with Crippen LogP contribution in [0.15, 0.2) is 66.8 Å². The number of carbonyl (C=O) groups is 1. The summed E-state index contributed by atoms with van der Waals surface area (Å²) in [7, 11) is 0. The van der Waals surface area contributed by atoms with Gasteiger partial charge in [-0.25, -0.2) is 9.67 Å². The maximum atomic E-state index is 13.0. The third kappa shape index (κ3) is 4.95. The molecular formula is C24H26N4O2. The molecule has 0 bridgehead atoms. The maximum absolute atomic E-state index is 13.0. The van der Waals surface area contributed by atoms with Crippen LogP contribution in [0.3, 0.4) is 0 Å². The zero-order valence-corrected chi connectivity index (χ0v) is 17.2. The minimum absolute atomic E-state index is 0.00914. The average molecular weight is 402 g/mol. The molecule has 4 rings (SSSR count). The van der Waals surface area contributed by atoms with Crippen LogP contribution in [0.2, 0.25) is 0 Å². The van der Waals surface area contributed by atoms with Gasteiger partial charge in [-0.2, -0.15) is 5.10 Å². The zero-order chi connectivity index (χ0) is 20.8. The number of rotatable bonds is 7. The van der Waals surface area contributed by atoms with Crippen LogP contribution in [0.1, 0.15) is 36.8 Å². The summed E-state index contributed by atoms with van der Waals surface area (Å²) in [5.74, 6) is 0.746. The molecule has 6 nitrogen and oxygen atoms in total. The van der Waals surface area contributed by atoms with Crippen LogP contribution in [-0.2, 0) is 11.3 Å². The van der Waals surface area contributed by atoms with Gasteiger partial charge in [0.1, 0.15) is 25.0 Å². The highest BCUT2D eigenvalue weighted by Crippen LogP contribution is 2.33. The second-order valence-electron chi connectivity index (χ2n) is 7.52. The molecule has 1 aromatic heterocycles. The first-order chi connectivity index (χ1) is 14.7. The first kappa shape index (κ1) is 19.9. The fourth-order valence-corrected chi connectivity index (χ4v) is 3.68. The van der Waals surface area contributed by atoms with E-state index in [-0.39, 0.29) is 5.91 Å². The SMILES string of the molecule is Cc1ccc(C2=C(C(=O)Nc3ccc(OCCn4cncn4)cc3)CCCC2)cc1. The highest BCUT2D eigenvalue weighted by molar-refractivity contribution is 6.09. The van der Waals surface area contributed by atoms with Crippen molar-refractivity contribution >= 4 is 17.2 Å². The Hall–Kier alpha value is -3.41. The summed E-state index contributed by atoms with van der Waals surface area (Å²) in [6.45, 7) is 3.21. The Labute approximate surface area is 176 Å². The third-order valence-electron chi connectivity index (χ3n) is 5.31. The number of nitrogens with one attached hydrogen (secondary N) is 1. The molecule has 1 N–H and O–H groups in total. The van der Waals surface area contributed by atoms with Crippen LogP contribution >= 0.6 is 0 Å². The molecule has 1 amide bonds. The third-order valence-corrected chi connectivity index (χ3v) is 5.31. The Morgan fingerprint density at radius 3 is 2.57 bits per heavy atom. The summed E-state index contributed by atoms with van der Waals surface area (Å²) < 4.78 is 7.45. The smallest absolute Gasteiger partial charge is 0.251 e. The predicted octanol–water partition coefficient (Wildman–Crippen LogP) is 4.63. The van der Waals surface area contributed by atoms with E-state index < -0.39 is 0 Å². The molecule has 0 unspecified atom stereocenters. The number of amides is 1. The van der Waals surface area contributed by atoms with Crippen LogP contribution < -0.4 is 10.1 Å². The van der Waals surface area contributed by atoms with Gasteiger partial charge in [-0.15, -0.1) is 0 Å². The van der Waals surface area contributed by atoms with Crippen LogP contribution in [0, 0.1) is 6.92 Å². The Morgan fingerprint density at radius 2 is 1.83 bits per heavy atom. The van der Waals surface area contributed by atoms with Crippen LogP contribution in [0.25, 0.3) is 5.57 Å². The van der Waals surface area contributed by atoms with Crippen molar-refractivity contribution in [1.29, 1.82) is 0 Å². The zero-order valence-electron chi connectivity index (χ0n) is 17.2. The minimum Gasteiger partial charge on any atom is -0.492 e. The Morgan fingerprint density at radius 1 is 1.07 bits per heavy atom. The standard InChI is InChI=1S/C24H26N4O2/c1-18-6-8-19(9-7-18)22-4-2-3-5-23(22)24(29)27-20-10-12-21(13-11-20)30-15-14-28-17-25-16-26-28/h6-13,16-17H,2-5,14-15H2,1H3,(H,27,29). The van der Waals surface area contributed by atoms with Crippen LogP contribution in [0.4, 0.5) is 5.69 Å². The number of hydrogen-bond donors (Lipinski definition) is 1. The van der Waals surface area contributed by atoms with Crippen molar-refractivity contribution in [3.63, 3.8) is 0 Å². The summed E-state index contributed by atoms with van der Waals surface area (Å²) >= 11 is 0. The molecule has 0 saturated heterocycles. The lowest BCUT2D eigenvalue weighted by atomic mass is 9.86. The summed E-state index contributed by atoms with van der Waals surface area (Å²) in [5, 5.41) is 7.10. The van der Waals surface area contributed by atoms with Gasteiger partial charge in [0.15, 0.2) is 0 Å². The highest BCUT2D eigenvalue weighted by atomic mass is 16.5. The van der Waals surface area contributed by atoms with E-state index in [1.165, 1.54) is 17.5 Å². The molecule has 1 aliphatic rings. The normalized spacial score (nSPS) is 13.9. The van der Waals surface area contributed by atoms with Gasteiger partial charge in [0, 0.05) is 11.3 Å². The number of nitrogens with zero attached hydrogens (tertiary/aromatic N) is 3. The van der Waals surface area contributed by atoms with Crippen molar-refractivity contribution in [2.24, 2.45) is 0 Å². The maximum Gasteiger partial charge on any atom is 0.251 e. The Bertz CT molecular complexity index is 1010. The number of aryl methyl sites for hydroxylation is 1. The fourth-order valence-electron chi connectivity index (χ4n) is 3.68. The quantitative estimate of drug-likeness (QED) is 0.625. The number of carbonyl (C=O) groups excluding carboxylic acids is 1. The van der Waals surface area contributed by atoms with Crippen molar-refractivity contribution < 1.29 is 9.53 Å². The van der Waals surface area contributed by atoms with E-state index in [0.29, 0.717) is 13.2 Å². The number of anilines is 1. The number of allylic oxidation sites excluding steroid dienone is 1. The predicted molar refractivity (Wildman–Crippen MR) is 117 cm³/mol. The van der Waals surface area contributed by atoms with E-state index in [9.17, 15) is 4.79 Å². The molecule has 6 heteroatoms. The van der Waals surface area contributed by atoms with Crippen molar-refractivity contribution in [2.75, 3.05) is 11.9 Å². The van der Waals surface area contributed by atoms with E-state index in [2.05, 4.69) is 46.6 Å². The fraction of sp³-hybridized carbons (Fsp3) is 0.292.